The standard InChI is InChI=1S/C20H25N3O3/c1-12-6-4-5-7-16(12)23-19(24)11-26-20(25)15-8-9-17-18(10-15)22-14(3)13(2)21-17/h8-10,12,16H,4-7,11H2,1-3H3,(H,23,24)/t12-,16+/m1/s1. The first kappa shape index (κ1) is 18.3. The molecule has 138 valence electrons. The van der Waals surface area contributed by atoms with E-state index in [9.17, 15) is 9.59 Å². The lowest BCUT2D eigenvalue weighted by atomic mass is 9.86. The summed E-state index contributed by atoms with van der Waals surface area (Å²) in [6.07, 6.45) is 4.46. The molecule has 26 heavy (non-hydrogen) atoms. The van der Waals surface area contributed by atoms with Crippen molar-refractivity contribution in [3.63, 3.8) is 0 Å². The third-order valence-electron chi connectivity index (χ3n) is 5.10. The lowest BCUT2D eigenvalue weighted by Gasteiger charge is -2.29. The minimum absolute atomic E-state index is 0.178. The Morgan fingerprint density at radius 1 is 1.12 bits per heavy atom. The maximum Gasteiger partial charge on any atom is 0.338 e. The van der Waals surface area contributed by atoms with E-state index < -0.39 is 5.97 Å². The second-order valence-corrected chi connectivity index (χ2v) is 7.11. The van der Waals surface area contributed by atoms with E-state index in [1.807, 2.05) is 13.8 Å². The van der Waals surface area contributed by atoms with E-state index in [1.54, 1.807) is 18.2 Å². The van der Waals surface area contributed by atoms with Crippen molar-refractivity contribution in [2.24, 2.45) is 5.92 Å². The van der Waals surface area contributed by atoms with Crippen LogP contribution in [0.25, 0.3) is 11.0 Å². The third-order valence-corrected chi connectivity index (χ3v) is 5.10. The molecule has 0 aliphatic heterocycles. The van der Waals surface area contributed by atoms with Gasteiger partial charge in [-0.1, -0.05) is 19.8 Å². The number of amides is 1. The highest BCUT2D eigenvalue weighted by Crippen LogP contribution is 2.23. The maximum absolute atomic E-state index is 12.3. The number of ether oxygens (including phenoxy) is 1. The van der Waals surface area contributed by atoms with Gasteiger partial charge in [0.15, 0.2) is 6.61 Å². The third kappa shape index (κ3) is 4.18. The molecule has 1 aliphatic carbocycles. The van der Waals surface area contributed by atoms with Gasteiger partial charge in [-0.15, -0.1) is 0 Å². The molecule has 1 N–H and O–H groups in total. The molecule has 0 bridgehead atoms. The normalized spacial score (nSPS) is 20.0. The van der Waals surface area contributed by atoms with Crippen molar-refractivity contribution in [3.8, 4) is 0 Å². The van der Waals surface area contributed by atoms with Crippen molar-refractivity contribution in [1.82, 2.24) is 15.3 Å². The summed E-state index contributed by atoms with van der Waals surface area (Å²) in [5, 5.41) is 2.98. The Morgan fingerprint density at radius 3 is 2.54 bits per heavy atom. The summed E-state index contributed by atoms with van der Waals surface area (Å²) in [5.41, 5.74) is 3.43. The molecular weight excluding hydrogens is 330 g/mol. The highest BCUT2D eigenvalue weighted by molar-refractivity contribution is 5.94. The molecular formula is C20H25N3O3. The van der Waals surface area contributed by atoms with Crippen LogP contribution in [0, 0.1) is 19.8 Å². The highest BCUT2D eigenvalue weighted by Gasteiger charge is 2.23. The smallest absolute Gasteiger partial charge is 0.338 e. The number of hydrogen-bond donors (Lipinski definition) is 1. The van der Waals surface area contributed by atoms with Gasteiger partial charge < -0.3 is 10.1 Å². The second kappa shape index (κ2) is 7.81. The largest absolute Gasteiger partial charge is 0.452 e. The first-order valence-electron chi connectivity index (χ1n) is 9.15. The fourth-order valence-electron chi connectivity index (χ4n) is 3.35. The zero-order valence-electron chi connectivity index (χ0n) is 15.5. The minimum Gasteiger partial charge on any atom is -0.452 e. The molecule has 0 spiro atoms. The fourth-order valence-corrected chi connectivity index (χ4v) is 3.35. The zero-order chi connectivity index (χ0) is 18.7. The van der Waals surface area contributed by atoms with Gasteiger partial charge in [-0.3, -0.25) is 4.79 Å². The van der Waals surface area contributed by atoms with Crippen LogP contribution in [0.3, 0.4) is 0 Å². The van der Waals surface area contributed by atoms with E-state index in [0.717, 1.165) is 36.2 Å². The predicted octanol–water partition coefficient (Wildman–Crippen LogP) is 3.10. The summed E-state index contributed by atoms with van der Waals surface area (Å²) in [6, 6.07) is 5.22. The molecule has 0 radical (unpaired) electrons. The number of carbonyl (C=O) groups is 2. The Bertz CT molecular complexity index is 834. The van der Waals surface area contributed by atoms with Crippen LogP contribution in [0.5, 0.6) is 0 Å². The van der Waals surface area contributed by atoms with Crippen LogP contribution >= 0.6 is 0 Å². The number of benzene rings is 1. The predicted molar refractivity (Wildman–Crippen MR) is 98.9 cm³/mol. The molecule has 0 saturated heterocycles. The van der Waals surface area contributed by atoms with Crippen LogP contribution in [0.1, 0.15) is 54.4 Å². The first-order valence-corrected chi connectivity index (χ1v) is 9.15. The molecule has 6 nitrogen and oxygen atoms in total. The monoisotopic (exact) mass is 355 g/mol. The van der Waals surface area contributed by atoms with Crippen molar-refractivity contribution in [3.05, 3.63) is 35.2 Å². The summed E-state index contributed by atoms with van der Waals surface area (Å²) in [7, 11) is 0. The fraction of sp³-hybridized carbons (Fsp3) is 0.500. The van der Waals surface area contributed by atoms with E-state index in [0.29, 0.717) is 17.0 Å². The average molecular weight is 355 g/mol. The molecule has 1 aromatic heterocycles. The van der Waals surface area contributed by atoms with E-state index in [4.69, 9.17) is 4.74 Å². The van der Waals surface area contributed by atoms with Gasteiger partial charge in [0.05, 0.1) is 28.0 Å². The van der Waals surface area contributed by atoms with E-state index in [-0.39, 0.29) is 18.6 Å². The van der Waals surface area contributed by atoms with Crippen LogP contribution in [-0.2, 0) is 9.53 Å². The van der Waals surface area contributed by atoms with Gasteiger partial charge in [-0.25, -0.2) is 14.8 Å². The quantitative estimate of drug-likeness (QED) is 0.852. The van der Waals surface area contributed by atoms with Crippen molar-refractivity contribution >= 4 is 22.9 Å². The maximum atomic E-state index is 12.3. The molecule has 2 atom stereocenters. The van der Waals surface area contributed by atoms with Gasteiger partial charge in [-0.05, 0) is 50.8 Å². The van der Waals surface area contributed by atoms with E-state index in [2.05, 4.69) is 22.2 Å². The summed E-state index contributed by atoms with van der Waals surface area (Å²) >= 11 is 0. The number of rotatable bonds is 4. The molecule has 6 heteroatoms. The number of nitrogens with zero attached hydrogens (tertiary/aromatic N) is 2. The average Bonchev–Trinajstić information content (AvgIpc) is 2.62. The summed E-state index contributed by atoms with van der Waals surface area (Å²) in [4.78, 5) is 33.2. The molecule has 1 heterocycles. The Kier molecular flexibility index (Phi) is 5.49. The van der Waals surface area contributed by atoms with Crippen LogP contribution in [0.4, 0.5) is 0 Å². The molecule has 1 amide bonds. The van der Waals surface area contributed by atoms with Gasteiger partial charge >= 0.3 is 5.97 Å². The van der Waals surface area contributed by atoms with Gasteiger partial charge in [0, 0.05) is 6.04 Å². The molecule has 1 aliphatic rings. The number of nitrogens with one attached hydrogen (secondary N) is 1. The lowest BCUT2D eigenvalue weighted by Crippen LogP contribution is -2.42. The van der Waals surface area contributed by atoms with Crippen LogP contribution in [-0.4, -0.2) is 34.5 Å². The molecule has 3 rings (SSSR count). The van der Waals surface area contributed by atoms with Crippen molar-refractivity contribution in [2.75, 3.05) is 6.61 Å². The topological polar surface area (TPSA) is 81.2 Å². The number of esters is 1. The minimum atomic E-state index is -0.529. The van der Waals surface area contributed by atoms with Crippen LogP contribution < -0.4 is 5.32 Å². The summed E-state index contributed by atoms with van der Waals surface area (Å²) in [5.74, 6) is -0.308. The number of aromatic nitrogens is 2. The number of hydrogen-bond acceptors (Lipinski definition) is 5. The van der Waals surface area contributed by atoms with Gasteiger partial charge in [0.1, 0.15) is 0 Å². The number of aryl methyl sites for hydroxylation is 2. The Labute approximate surface area is 153 Å². The SMILES string of the molecule is Cc1nc2ccc(C(=O)OCC(=O)N[C@H]3CCCC[C@H]3C)cc2nc1C. The first-order chi connectivity index (χ1) is 12.4. The van der Waals surface area contributed by atoms with Gasteiger partial charge in [-0.2, -0.15) is 0 Å². The summed E-state index contributed by atoms with van der Waals surface area (Å²) in [6.45, 7) is 5.66. The van der Waals surface area contributed by atoms with Crippen molar-refractivity contribution in [2.45, 2.75) is 52.5 Å². The lowest BCUT2D eigenvalue weighted by molar-refractivity contribution is -0.125. The number of fused-ring (bicyclic) bond motifs is 1. The molecule has 2 aromatic rings. The molecule has 1 fully saturated rings. The van der Waals surface area contributed by atoms with Crippen molar-refractivity contribution in [1.29, 1.82) is 0 Å². The Balaban J connectivity index is 1.60. The Morgan fingerprint density at radius 2 is 1.81 bits per heavy atom. The second-order valence-electron chi connectivity index (χ2n) is 7.11. The van der Waals surface area contributed by atoms with E-state index in [1.165, 1.54) is 6.42 Å². The molecule has 1 saturated carbocycles. The summed E-state index contributed by atoms with van der Waals surface area (Å²) < 4.78 is 5.17. The van der Waals surface area contributed by atoms with Crippen molar-refractivity contribution < 1.29 is 14.3 Å². The highest BCUT2D eigenvalue weighted by atomic mass is 16.5. The van der Waals surface area contributed by atoms with Gasteiger partial charge in [0.25, 0.3) is 5.91 Å². The molecule has 1 aromatic carbocycles. The van der Waals surface area contributed by atoms with Gasteiger partial charge in [0.2, 0.25) is 0 Å². The zero-order valence-corrected chi connectivity index (χ0v) is 15.5. The molecule has 0 unspecified atom stereocenters. The van der Waals surface area contributed by atoms with E-state index >= 15 is 0 Å². The van der Waals surface area contributed by atoms with Crippen LogP contribution in [0.2, 0.25) is 0 Å². The number of carbonyl (C=O) groups excluding carboxylic acids is 2. The Hall–Kier alpha value is -2.50. The van der Waals surface area contributed by atoms with Crippen LogP contribution in [0.15, 0.2) is 18.2 Å².